The average molecular weight is 351 g/mol. The molecule has 0 aromatic heterocycles. The van der Waals surface area contributed by atoms with Gasteiger partial charge in [0.1, 0.15) is 18.2 Å². The van der Waals surface area contributed by atoms with Crippen LogP contribution in [0.2, 0.25) is 0 Å². The van der Waals surface area contributed by atoms with Gasteiger partial charge in [-0.2, -0.15) is 0 Å². The van der Waals surface area contributed by atoms with Crippen LogP contribution in [-0.2, 0) is 10.8 Å². The Morgan fingerprint density at radius 2 is 1.75 bits per heavy atom. The summed E-state index contributed by atoms with van der Waals surface area (Å²) < 4.78 is 30.6. The quantitative estimate of drug-likeness (QED) is 0.870. The standard InChI is InChI=1S/C14H13FO3S.C4H9N/c15-11-3-1-5-13(9-11)19(17)14-6-2-4-12(10-14)18-8-7-16;1-2-4-5-3-1/h1-6,9-10,16H,7-8H2;5H,1-4H2. The SMILES string of the molecule is C1CCNC1.O=S(c1cccc(F)c1)c1cccc(OCCO)c1. The molecule has 0 amide bonds. The topological polar surface area (TPSA) is 58.6 Å². The van der Waals surface area contributed by atoms with Crippen molar-refractivity contribution >= 4 is 10.8 Å². The summed E-state index contributed by atoms with van der Waals surface area (Å²) in [5, 5.41) is 11.9. The zero-order valence-electron chi connectivity index (χ0n) is 13.4. The highest BCUT2D eigenvalue weighted by Crippen LogP contribution is 2.21. The number of ether oxygens (including phenoxy) is 1. The Morgan fingerprint density at radius 1 is 1.08 bits per heavy atom. The van der Waals surface area contributed by atoms with Gasteiger partial charge >= 0.3 is 0 Å². The Bertz CT molecular complexity index is 655. The van der Waals surface area contributed by atoms with Crippen molar-refractivity contribution in [3.8, 4) is 5.75 Å². The normalized spacial score (nSPS) is 14.6. The van der Waals surface area contributed by atoms with Gasteiger partial charge in [-0.25, -0.2) is 8.60 Å². The van der Waals surface area contributed by atoms with E-state index in [4.69, 9.17) is 9.84 Å². The molecule has 6 heteroatoms. The number of hydrogen-bond donors (Lipinski definition) is 2. The molecule has 1 aliphatic heterocycles. The molecule has 2 N–H and O–H groups in total. The van der Waals surface area contributed by atoms with Gasteiger partial charge in [0.15, 0.2) is 0 Å². The molecule has 1 atom stereocenters. The highest BCUT2D eigenvalue weighted by atomic mass is 32.2. The lowest BCUT2D eigenvalue weighted by molar-refractivity contribution is 0.201. The first-order chi connectivity index (χ1) is 11.7. The maximum atomic E-state index is 13.1. The van der Waals surface area contributed by atoms with Crippen molar-refractivity contribution in [1.82, 2.24) is 5.32 Å². The third-order valence-electron chi connectivity index (χ3n) is 3.35. The molecule has 130 valence electrons. The van der Waals surface area contributed by atoms with E-state index in [1.54, 1.807) is 30.3 Å². The molecule has 4 nitrogen and oxygen atoms in total. The van der Waals surface area contributed by atoms with Gasteiger partial charge in [0.2, 0.25) is 0 Å². The molecular weight excluding hydrogens is 329 g/mol. The highest BCUT2D eigenvalue weighted by molar-refractivity contribution is 7.85. The first-order valence-electron chi connectivity index (χ1n) is 7.92. The lowest BCUT2D eigenvalue weighted by Crippen LogP contribution is -2.03. The van der Waals surface area contributed by atoms with Crippen molar-refractivity contribution in [2.24, 2.45) is 0 Å². The van der Waals surface area contributed by atoms with Crippen LogP contribution in [0.25, 0.3) is 0 Å². The van der Waals surface area contributed by atoms with Crippen LogP contribution in [0.3, 0.4) is 0 Å². The summed E-state index contributed by atoms with van der Waals surface area (Å²) in [6, 6.07) is 12.4. The molecule has 3 rings (SSSR count). The van der Waals surface area contributed by atoms with E-state index in [1.165, 1.54) is 44.1 Å². The van der Waals surface area contributed by atoms with Crippen molar-refractivity contribution in [2.45, 2.75) is 22.6 Å². The average Bonchev–Trinajstić information content (AvgIpc) is 3.19. The number of halogens is 1. The van der Waals surface area contributed by atoms with Crippen molar-refractivity contribution in [3.05, 3.63) is 54.3 Å². The number of aliphatic hydroxyl groups is 1. The van der Waals surface area contributed by atoms with E-state index in [2.05, 4.69) is 5.32 Å². The minimum Gasteiger partial charge on any atom is -0.491 e. The van der Waals surface area contributed by atoms with Gasteiger partial charge in [-0.05, 0) is 62.3 Å². The van der Waals surface area contributed by atoms with E-state index in [0.29, 0.717) is 15.5 Å². The molecule has 0 bridgehead atoms. The monoisotopic (exact) mass is 351 g/mol. The number of rotatable bonds is 5. The van der Waals surface area contributed by atoms with Crippen molar-refractivity contribution in [1.29, 1.82) is 0 Å². The van der Waals surface area contributed by atoms with Crippen LogP contribution in [0.15, 0.2) is 58.3 Å². The molecule has 2 aromatic rings. The summed E-state index contributed by atoms with van der Waals surface area (Å²) in [5.41, 5.74) is 0. The third kappa shape index (κ3) is 6.03. The van der Waals surface area contributed by atoms with Crippen molar-refractivity contribution in [3.63, 3.8) is 0 Å². The first-order valence-corrected chi connectivity index (χ1v) is 9.07. The summed E-state index contributed by atoms with van der Waals surface area (Å²) in [6.07, 6.45) is 2.78. The second-order valence-corrected chi connectivity index (χ2v) is 6.71. The summed E-state index contributed by atoms with van der Waals surface area (Å²) in [6.45, 7) is 2.59. The minimum atomic E-state index is -1.46. The largest absolute Gasteiger partial charge is 0.491 e. The Morgan fingerprint density at radius 3 is 2.33 bits per heavy atom. The zero-order valence-corrected chi connectivity index (χ0v) is 14.2. The molecule has 0 saturated carbocycles. The maximum Gasteiger partial charge on any atom is 0.124 e. The van der Waals surface area contributed by atoms with E-state index in [0.717, 1.165) is 0 Å². The minimum absolute atomic E-state index is 0.0861. The van der Waals surface area contributed by atoms with Crippen LogP contribution in [0.5, 0.6) is 5.75 Å². The molecule has 0 radical (unpaired) electrons. The number of benzene rings is 2. The van der Waals surface area contributed by atoms with Crippen LogP contribution >= 0.6 is 0 Å². The predicted octanol–water partition coefficient (Wildman–Crippen LogP) is 2.73. The van der Waals surface area contributed by atoms with Crippen LogP contribution in [0.4, 0.5) is 4.39 Å². The van der Waals surface area contributed by atoms with Crippen LogP contribution < -0.4 is 10.1 Å². The fourth-order valence-corrected chi connectivity index (χ4v) is 3.31. The molecule has 1 aliphatic rings. The van der Waals surface area contributed by atoms with Crippen LogP contribution in [0.1, 0.15) is 12.8 Å². The lowest BCUT2D eigenvalue weighted by atomic mass is 10.3. The van der Waals surface area contributed by atoms with E-state index in [-0.39, 0.29) is 13.2 Å². The van der Waals surface area contributed by atoms with Crippen molar-refractivity contribution in [2.75, 3.05) is 26.3 Å². The van der Waals surface area contributed by atoms with Gasteiger partial charge in [-0.1, -0.05) is 12.1 Å². The number of nitrogens with one attached hydrogen (secondary N) is 1. The summed E-state index contributed by atoms with van der Waals surface area (Å²) in [7, 11) is -1.46. The van der Waals surface area contributed by atoms with E-state index in [1.807, 2.05) is 0 Å². The van der Waals surface area contributed by atoms with E-state index >= 15 is 0 Å². The summed E-state index contributed by atoms with van der Waals surface area (Å²) in [5.74, 6) is 0.106. The predicted molar refractivity (Wildman–Crippen MR) is 92.2 cm³/mol. The molecule has 24 heavy (non-hydrogen) atoms. The summed E-state index contributed by atoms with van der Waals surface area (Å²) >= 11 is 0. The molecular formula is C18H22FNO3S. The number of hydrogen-bond acceptors (Lipinski definition) is 4. The van der Waals surface area contributed by atoms with Gasteiger partial charge in [0, 0.05) is 9.79 Å². The zero-order chi connectivity index (χ0) is 17.2. The highest BCUT2D eigenvalue weighted by Gasteiger charge is 2.09. The second-order valence-electron chi connectivity index (χ2n) is 5.23. The van der Waals surface area contributed by atoms with Crippen LogP contribution in [-0.4, -0.2) is 35.6 Å². The van der Waals surface area contributed by atoms with Gasteiger partial charge in [0.25, 0.3) is 0 Å². The Kier molecular flexibility index (Phi) is 7.88. The molecule has 1 saturated heterocycles. The molecule has 0 aliphatic carbocycles. The smallest absolute Gasteiger partial charge is 0.124 e. The lowest BCUT2D eigenvalue weighted by Gasteiger charge is -2.07. The molecule has 1 fully saturated rings. The Balaban J connectivity index is 0.000000355. The second kappa shape index (κ2) is 10.2. The van der Waals surface area contributed by atoms with Gasteiger partial charge in [0.05, 0.1) is 17.4 Å². The van der Waals surface area contributed by atoms with Gasteiger partial charge < -0.3 is 15.2 Å². The van der Waals surface area contributed by atoms with Gasteiger partial charge in [-0.15, -0.1) is 0 Å². The maximum absolute atomic E-state index is 13.1. The fourth-order valence-electron chi connectivity index (χ4n) is 2.19. The fraction of sp³-hybridized carbons (Fsp3) is 0.333. The summed E-state index contributed by atoms with van der Waals surface area (Å²) in [4.78, 5) is 0.931. The molecule has 0 spiro atoms. The number of aliphatic hydroxyl groups excluding tert-OH is 1. The third-order valence-corrected chi connectivity index (χ3v) is 4.71. The van der Waals surface area contributed by atoms with Gasteiger partial charge in [-0.3, -0.25) is 0 Å². The van der Waals surface area contributed by atoms with E-state index in [9.17, 15) is 8.60 Å². The van der Waals surface area contributed by atoms with Crippen molar-refractivity contribution < 1.29 is 18.4 Å². The molecule has 1 heterocycles. The molecule has 1 unspecified atom stereocenters. The van der Waals surface area contributed by atoms with E-state index < -0.39 is 16.6 Å². The van der Waals surface area contributed by atoms with Crippen LogP contribution in [0, 0.1) is 5.82 Å². The Hall–Kier alpha value is -1.76. The first kappa shape index (κ1) is 18.6. The Labute approximate surface area is 144 Å². The molecule has 2 aromatic carbocycles.